The molecule has 148 valence electrons. The first-order valence-electron chi connectivity index (χ1n) is 9.44. The SMILES string of the molecule is COC(C)(C)CCSc1nc2ccc(NC(=O)C3CCCN(C)C3)cc2s1. The predicted octanol–water partition coefficient (Wildman–Crippen LogP) is 4.48. The molecule has 1 unspecified atom stereocenters. The first-order valence-corrected chi connectivity index (χ1v) is 11.2. The lowest BCUT2D eigenvalue weighted by Gasteiger charge is -2.28. The Morgan fingerprint density at radius 2 is 2.30 bits per heavy atom. The fourth-order valence-corrected chi connectivity index (χ4v) is 5.58. The van der Waals surface area contributed by atoms with E-state index < -0.39 is 0 Å². The Labute approximate surface area is 169 Å². The van der Waals surface area contributed by atoms with Crippen LogP contribution in [0.15, 0.2) is 22.5 Å². The summed E-state index contributed by atoms with van der Waals surface area (Å²) in [5.74, 6) is 1.18. The van der Waals surface area contributed by atoms with Gasteiger partial charge in [0.05, 0.1) is 21.7 Å². The Morgan fingerprint density at radius 1 is 1.48 bits per heavy atom. The average molecular weight is 408 g/mol. The Balaban J connectivity index is 1.61. The fourth-order valence-electron chi connectivity index (χ4n) is 3.15. The Bertz CT molecular complexity index is 791. The molecule has 1 N–H and O–H groups in total. The van der Waals surface area contributed by atoms with Crippen molar-refractivity contribution in [2.45, 2.75) is 43.1 Å². The summed E-state index contributed by atoms with van der Waals surface area (Å²) in [5, 5.41) is 3.09. The molecule has 1 atom stereocenters. The van der Waals surface area contributed by atoms with Crippen LogP contribution in [0.5, 0.6) is 0 Å². The number of hydrogen-bond donors (Lipinski definition) is 1. The van der Waals surface area contributed by atoms with Crippen molar-refractivity contribution in [2.75, 3.05) is 38.3 Å². The number of carbonyl (C=O) groups is 1. The van der Waals surface area contributed by atoms with E-state index >= 15 is 0 Å². The molecule has 1 amide bonds. The van der Waals surface area contributed by atoms with Crippen molar-refractivity contribution in [3.05, 3.63) is 18.2 Å². The Kier molecular flexibility index (Phi) is 6.78. The molecule has 0 spiro atoms. The number of anilines is 1. The minimum Gasteiger partial charge on any atom is -0.379 e. The van der Waals surface area contributed by atoms with Crippen LogP contribution in [0.2, 0.25) is 0 Å². The number of carbonyl (C=O) groups excluding carboxylic acids is 1. The third-order valence-electron chi connectivity index (χ3n) is 5.11. The Morgan fingerprint density at radius 3 is 3.04 bits per heavy atom. The highest BCUT2D eigenvalue weighted by molar-refractivity contribution is 8.01. The Hall–Kier alpha value is -1.15. The van der Waals surface area contributed by atoms with Crippen LogP contribution in [-0.2, 0) is 9.53 Å². The molecule has 0 radical (unpaired) electrons. The normalized spacial score (nSPS) is 18.7. The molecule has 2 aromatic rings. The number of hydrogen-bond acceptors (Lipinski definition) is 6. The summed E-state index contributed by atoms with van der Waals surface area (Å²) >= 11 is 3.45. The second kappa shape index (κ2) is 8.90. The van der Waals surface area contributed by atoms with E-state index in [9.17, 15) is 4.79 Å². The smallest absolute Gasteiger partial charge is 0.228 e. The number of amides is 1. The number of aromatic nitrogens is 1. The molecule has 27 heavy (non-hydrogen) atoms. The fraction of sp³-hybridized carbons (Fsp3) is 0.600. The van der Waals surface area contributed by atoms with E-state index in [2.05, 4.69) is 31.1 Å². The number of likely N-dealkylation sites (tertiary alicyclic amines) is 1. The maximum absolute atomic E-state index is 12.6. The molecule has 5 nitrogen and oxygen atoms in total. The van der Waals surface area contributed by atoms with Gasteiger partial charge in [-0.1, -0.05) is 11.8 Å². The van der Waals surface area contributed by atoms with Crippen molar-refractivity contribution >= 4 is 44.9 Å². The van der Waals surface area contributed by atoms with E-state index in [0.717, 1.165) is 58.3 Å². The number of benzene rings is 1. The lowest BCUT2D eigenvalue weighted by atomic mass is 9.97. The van der Waals surface area contributed by atoms with Crippen LogP contribution in [0, 0.1) is 5.92 Å². The van der Waals surface area contributed by atoms with Gasteiger partial charge in [-0.25, -0.2) is 4.98 Å². The highest BCUT2D eigenvalue weighted by atomic mass is 32.2. The maximum atomic E-state index is 12.6. The average Bonchev–Trinajstić information content (AvgIpc) is 3.03. The van der Waals surface area contributed by atoms with Crippen LogP contribution in [-0.4, -0.2) is 54.4 Å². The van der Waals surface area contributed by atoms with Crippen molar-refractivity contribution in [3.63, 3.8) is 0 Å². The third kappa shape index (κ3) is 5.67. The lowest BCUT2D eigenvalue weighted by molar-refractivity contribution is -0.121. The number of methoxy groups -OCH3 is 1. The first-order chi connectivity index (χ1) is 12.9. The molecular formula is C20H29N3O2S2. The van der Waals surface area contributed by atoms with Gasteiger partial charge in [0, 0.05) is 25.1 Å². The molecule has 1 fully saturated rings. The van der Waals surface area contributed by atoms with E-state index in [1.54, 1.807) is 30.2 Å². The second-order valence-corrected chi connectivity index (χ2v) is 10.2. The molecule has 1 aliphatic rings. The van der Waals surface area contributed by atoms with Crippen LogP contribution in [0.25, 0.3) is 10.2 Å². The van der Waals surface area contributed by atoms with Crippen molar-refractivity contribution in [1.29, 1.82) is 0 Å². The topological polar surface area (TPSA) is 54.5 Å². The molecular weight excluding hydrogens is 378 g/mol. The number of ether oxygens (including phenoxy) is 1. The zero-order chi connectivity index (χ0) is 19.4. The standard InChI is InChI=1S/C20H29N3O2S2/c1-20(2,25-4)9-11-26-19-22-16-8-7-15(12-17(16)27-19)21-18(24)14-6-5-10-23(3)13-14/h7-8,12,14H,5-6,9-11,13H2,1-4H3,(H,21,24). The highest BCUT2D eigenvalue weighted by Crippen LogP contribution is 2.32. The molecule has 3 rings (SSSR count). The third-order valence-corrected chi connectivity index (χ3v) is 7.28. The first kappa shape index (κ1) is 20.6. The van der Waals surface area contributed by atoms with Gasteiger partial charge in [0.15, 0.2) is 4.34 Å². The molecule has 0 aliphatic carbocycles. The quantitative estimate of drug-likeness (QED) is 0.686. The summed E-state index contributed by atoms with van der Waals surface area (Å²) in [4.78, 5) is 19.5. The number of nitrogens with zero attached hydrogens (tertiary/aromatic N) is 2. The van der Waals surface area contributed by atoms with E-state index in [1.165, 1.54) is 0 Å². The van der Waals surface area contributed by atoms with Crippen LogP contribution < -0.4 is 5.32 Å². The van der Waals surface area contributed by atoms with Crippen LogP contribution in [0.3, 0.4) is 0 Å². The van der Waals surface area contributed by atoms with Crippen molar-refractivity contribution in [3.8, 4) is 0 Å². The largest absolute Gasteiger partial charge is 0.379 e. The summed E-state index contributed by atoms with van der Waals surface area (Å²) in [6.45, 7) is 6.13. The molecule has 1 aromatic heterocycles. The zero-order valence-corrected chi connectivity index (χ0v) is 18.2. The summed E-state index contributed by atoms with van der Waals surface area (Å²) < 4.78 is 7.65. The zero-order valence-electron chi connectivity index (χ0n) is 16.6. The van der Waals surface area contributed by atoms with Gasteiger partial charge in [-0.05, 0) is 64.9 Å². The highest BCUT2D eigenvalue weighted by Gasteiger charge is 2.24. The molecule has 1 saturated heterocycles. The van der Waals surface area contributed by atoms with Gasteiger partial charge < -0.3 is 15.0 Å². The minimum atomic E-state index is -0.103. The van der Waals surface area contributed by atoms with E-state index in [1.807, 2.05) is 18.2 Å². The molecule has 1 aliphatic heterocycles. The van der Waals surface area contributed by atoms with Crippen molar-refractivity contribution < 1.29 is 9.53 Å². The summed E-state index contributed by atoms with van der Waals surface area (Å²) in [6.07, 6.45) is 3.03. The van der Waals surface area contributed by atoms with Gasteiger partial charge in [-0.2, -0.15) is 0 Å². The van der Waals surface area contributed by atoms with Gasteiger partial charge >= 0.3 is 0 Å². The molecule has 0 saturated carbocycles. The van der Waals surface area contributed by atoms with E-state index in [4.69, 9.17) is 9.72 Å². The molecule has 1 aromatic carbocycles. The maximum Gasteiger partial charge on any atom is 0.228 e. The van der Waals surface area contributed by atoms with Gasteiger partial charge in [0.25, 0.3) is 0 Å². The predicted molar refractivity (Wildman–Crippen MR) is 115 cm³/mol. The van der Waals surface area contributed by atoms with Crippen molar-refractivity contribution in [2.24, 2.45) is 5.92 Å². The number of rotatable bonds is 7. The second-order valence-electron chi connectivity index (χ2n) is 7.82. The van der Waals surface area contributed by atoms with Crippen LogP contribution in [0.4, 0.5) is 5.69 Å². The molecule has 2 heterocycles. The van der Waals surface area contributed by atoms with Gasteiger partial charge in [0.1, 0.15) is 0 Å². The van der Waals surface area contributed by atoms with Gasteiger partial charge in [0.2, 0.25) is 5.91 Å². The lowest BCUT2D eigenvalue weighted by Crippen LogP contribution is -2.38. The molecule has 7 heteroatoms. The van der Waals surface area contributed by atoms with Gasteiger partial charge in [-0.3, -0.25) is 4.79 Å². The van der Waals surface area contributed by atoms with Crippen molar-refractivity contribution in [1.82, 2.24) is 9.88 Å². The summed E-state index contributed by atoms with van der Waals surface area (Å²) in [6, 6.07) is 5.99. The van der Waals surface area contributed by atoms with Gasteiger partial charge in [-0.15, -0.1) is 11.3 Å². The summed E-state index contributed by atoms with van der Waals surface area (Å²) in [5.41, 5.74) is 1.75. The number of piperidine rings is 1. The minimum absolute atomic E-state index is 0.0798. The van der Waals surface area contributed by atoms with Crippen LogP contribution in [0.1, 0.15) is 33.1 Å². The molecule has 0 bridgehead atoms. The number of fused-ring (bicyclic) bond motifs is 1. The van der Waals surface area contributed by atoms with Crippen LogP contribution >= 0.6 is 23.1 Å². The number of thiazole rings is 1. The summed E-state index contributed by atoms with van der Waals surface area (Å²) in [7, 11) is 3.83. The number of thioether (sulfide) groups is 1. The van der Waals surface area contributed by atoms with E-state index in [-0.39, 0.29) is 17.4 Å². The van der Waals surface area contributed by atoms with E-state index in [0.29, 0.717) is 0 Å². The monoisotopic (exact) mass is 407 g/mol. The number of nitrogens with one attached hydrogen (secondary N) is 1.